The van der Waals surface area contributed by atoms with E-state index in [1.807, 2.05) is 13.8 Å². The third kappa shape index (κ3) is 3.86. The standard InChI is InChI=1S/C17H17ClN2O2/c1-11(2)19-17(22)13-8-4-6-10-15(13)20-16(21)12-7-3-5-9-14(12)18/h3-11H,1-2H3,(H,19,22)(H,20,21). The van der Waals surface area contributed by atoms with Crippen LogP contribution in [0.5, 0.6) is 0 Å². The number of hydrogen-bond donors (Lipinski definition) is 2. The van der Waals surface area contributed by atoms with E-state index in [2.05, 4.69) is 10.6 Å². The van der Waals surface area contributed by atoms with Crippen LogP contribution < -0.4 is 10.6 Å². The first kappa shape index (κ1) is 16.0. The van der Waals surface area contributed by atoms with Crippen molar-refractivity contribution < 1.29 is 9.59 Å². The van der Waals surface area contributed by atoms with E-state index in [0.717, 1.165) is 0 Å². The van der Waals surface area contributed by atoms with Crippen molar-refractivity contribution in [2.45, 2.75) is 19.9 Å². The number of amides is 2. The second-order valence-electron chi connectivity index (χ2n) is 5.11. The Morgan fingerprint density at radius 3 is 2.14 bits per heavy atom. The molecule has 2 aromatic rings. The van der Waals surface area contributed by atoms with Gasteiger partial charge in [0.05, 0.1) is 21.8 Å². The summed E-state index contributed by atoms with van der Waals surface area (Å²) in [7, 11) is 0. The molecule has 0 fully saturated rings. The molecule has 2 amide bonds. The summed E-state index contributed by atoms with van der Waals surface area (Å²) >= 11 is 6.02. The molecule has 2 aromatic carbocycles. The van der Waals surface area contributed by atoms with Crippen molar-refractivity contribution in [3.63, 3.8) is 0 Å². The third-order valence-corrected chi connectivity index (χ3v) is 3.29. The number of benzene rings is 2. The van der Waals surface area contributed by atoms with Crippen molar-refractivity contribution in [1.29, 1.82) is 0 Å². The molecule has 114 valence electrons. The fourth-order valence-corrected chi connectivity index (χ4v) is 2.19. The van der Waals surface area contributed by atoms with Crippen LogP contribution >= 0.6 is 11.6 Å². The van der Waals surface area contributed by atoms with E-state index in [9.17, 15) is 9.59 Å². The molecule has 0 aliphatic heterocycles. The smallest absolute Gasteiger partial charge is 0.257 e. The minimum Gasteiger partial charge on any atom is -0.350 e. The van der Waals surface area contributed by atoms with Gasteiger partial charge in [0.2, 0.25) is 0 Å². The molecule has 0 aliphatic carbocycles. The summed E-state index contributed by atoms with van der Waals surface area (Å²) in [5.74, 6) is -0.583. The quantitative estimate of drug-likeness (QED) is 0.903. The fourth-order valence-electron chi connectivity index (χ4n) is 1.97. The maximum atomic E-state index is 12.3. The van der Waals surface area contributed by atoms with E-state index in [1.165, 1.54) is 0 Å². The zero-order chi connectivity index (χ0) is 16.1. The number of anilines is 1. The van der Waals surface area contributed by atoms with Crippen LogP contribution in [0, 0.1) is 0 Å². The van der Waals surface area contributed by atoms with Crippen LogP contribution in [0.2, 0.25) is 5.02 Å². The van der Waals surface area contributed by atoms with Gasteiger partial charge in [0.1, 0.15) is 0 Å². The van der Waals surface area contributed by atoms with Crippen LogP contribution in [0.15, 0.2) is 48.5 Å². The van der Waals surface area contributed by atoms with Gasteiger partial charge < -0.3 is 10.6 Å². The SMILES string of the molecule is CC(C)NC(=O)c1ccccc1NC(=O)c1ccccc1Cl. The molecule has 0 aliphatic rings. The van der Waals surface area contributed by atoms with Gasteiger partial charge in [-0.05, 0) is 38.1 Å². The maximum absolute atomic E-state index is 12.3. The Kier molecular flexibility index (Phi) is 5.17. The number of nitrogens with one attached hydrogen (secondary N) is 2. The molecule has 5 heteroatoms. The van der Waals surface area contributed by atoms with Gasteiger partial charge in [0, 0.05) is 6.04 Å². The van der Waals surface area contributed by atoms with E-state index in [0.29, 0.717) is 21.8 Å². The Hall–Kier alpha value is -2.33. The summed E-state index contributed by atoms with van der Waals surface area (Å²) in [6, 6.07) is 13.6. The normalized spacial score (nSPS) is 10.4. The molecule has 0 saturated heterocycles. The second-order valence-corrected chi connectivity index (χ2v) is 5.51. The van der Waals surface area contributed by atoms with Gasteiger partial charge >= 0.3 is 0 Å². The zero-order valence-electron chi connectivity index (χ0n) is 12.4. The average Bonchev–Trinajstić information content (AvgIpc) is 2.47. The molecular weight excluding hydrogens is 300 g/mol. The summed E-state index contributed by atoms with van der Waals surface area (Å²) in [4.78, 5) is 24.5. The van der Waals surface area contributed by atoms with Crippen LogP contribution in [0.1, 0.15) is 34.6 Å². The molecule has 2 N–H and O–H groups in total. The molecule has 0 spiro atoms. The number of hydrogen-bond acceptors (Lipinski definition) is 2. The average molecular weight is 317 g/mol. The first-order valence-corrected chi connectivity index (χ1v) is 7.32. The van der Waals surface area contributed by atoms with Crippen molar-refractivity contribution >= 4 is 29.1 Å². The van der Waals surface area contributed by atoms with Crippen molar-refractivity contribution in [3.05, 3.63) is 64.7 Å². The minimum atomic E-state index is -0.351. The van der Waals surface area contributed by atoms with Gasteiger partial charge in [0.25, 0.3) is 11.8 Å². The van der Waals surface area contributed by atoms with Crippen LogP contribution in [0.3, 0.4) is 0 Å². The highest BCUT2D eigenvalue weighted by Gasteiger charge is 2.15. The van der Waals surface area contributed by atoms with Crippen molar-refractivity contribution in [3.8, 4) is 0 Å². The Morgan fingerprint density at radius 2 is 1.50 bits per heavy atom. The minimum absolute atomic E-state index is 0.0137. The van der Waals surface area contributed by atoms with Crippen LogP contribution in [-0.2, 0) is 0 Å². The zero-order valence-corrected chi connectivity index (χ0v) is 13.1. The van der Waals surface area contributed by atoms with Crippen molar-refractivity contribution in [2.75, 3.05) is 5.32 Å². The highest BCUT2D eigenvalue weighted by molar-refractivity contribution is 6.34. The monoisotopic (exact) mass is 316 g/mol. The summed E-state index contributed by atoms with van der Waals surface area (Å²) in [6.07, 6.45) is 0. The second kappa shape index (κ2) is 7.09. The van der Waals surface area contributed by atoms with Crippen LogP contribution in [0.25, 0.3) is 0 Å². The molecule has 4 nitrogen and oxygen atoms in total. The van der Waals surface area contributed by atoms with Gasteiger partial charge in [-0.15, -0.1) is 0 Å². The first-order chi connectivity index (χ1) is 10.5. The largest absolute Gasteiger partial charge is 0.350 e. The molecule has 0 aromatic heterocycles. The lowest BCUT2D eigenvalue weighted by Gasteiger charge is -2.13. The van der Waals surface area contributed by atoms with E-state index < -0.39 is 0 Å². The third-order valence-electron chi connectivity index (χ3n) is 2.96. The van der Waals surface area contributed by atoms with Crippen LogP contribution in [-0.4, -0.2) is 17.9 Å². The van der Waals surface area contributed by atoms with E-state index in [1.54, 1.807) is 48.5 Å². The Labute approximate surface area is 134 Å². The highest BCUT2D eigenvalue weighted by Crippen LogP contribution is 2.20. The fraction of sp³-hybridized carbons (Fsp3) is 0.176. The maximum Gasteiger partial charge on any atom is 0.257 e. The number of rotatable bonds is 4. The van der Waals surface area contributed by atoms with Gasteiger partial charge in [-0.25, -0.2) is 0 Å². The topological polar surface area (TPSA) is 58.2 Å². The molecule has 0 radical (unpaired) electrons. The first-order valence-electron chi connectivity index (χ1n) is 6.95. The predicted molar refractivity (Wildman–Crippen MR) is 88.4 cm³/mol. The summed E-state index contributed by atoms with van der Waals surface area (Å²) in [5.41, 5.74) is 1.23. The lowest BCUT2D eigenvalue weighted by Crippen LogP contribution is -2.31. The summed E-state index contributed by atoms with van der Waals surface area (Å²) < 4.78 is 0. The molecule has 0 bridgehead atoms. The Bertz CT molecular complexity index is 699. The van der Waals surface area contributed by atoms with Gasteiger partial charge in [-0.3, -0.25) is 9.59 Å². The molecule has 2 rings (SSSR count). The molecular formula is C17H17ClN2O2. The number of halogens is 1. The predicted octanol–water partition coefficient (Wildman–Crippen LogP) is 3.73. The molecule has 0 heterocycles. The molecule has 0 atom stereocenters. The number of carbonyl (C=O) groups excluding carboxylic acids is 2. The van der Waals surface area contributed by atoms with E-state index >= 15 is 0 Å². The molecule has 22 heavy (non-hydrogen) atoms. The number of carbonyl (C=O) groups is 2. The van der Waals surface area contributed by atoms with Crippen LogP contribution in [0.4, 0.5) is 5.69 Å². The Morgan fingerprint density at radius 1 is 0.909 bits per heavy atom. The molecule has 0 unspecified atom stereocenters. The van der Waals surface area contributed by atoms with Gasteiger partial charge in [-0.1, -0.05) is 35.9 Å². The van der Waals surface area contributed by atoms with Gasteiger partial charge in [0.15, 0.2) is 0 Å². The summed E-state index contributed by atoms with van der Waals surface area (Å²) in [5, 5.41) is 5.91. The molecule has 0 saturated carbocycles. The van der Waals surface area contributed by atoms with Crippen molar-refractivity contribution in [1.82, 2.24) is 5.32 Å². The van der Waals surface area contributed by atoms with E-state index in [-0.39, 0.29) is 17.9 Å². The lowest BCUT2D eigenvalue weighted by atomic mass is 10.1. The summed E-state index contributed by atoms with van der Waals surface area (Å²) in [6.45, 7) is 3.76. The Balaban J connectivity index is 2.25. The lowest BCUT2D eigenvalue weighted by molar-refractivity contribution is 0.0944. The van der Waals surface area contributed by atoms with Crippen molar-refractivity contribution in [2.24, 2.45) is 0 Å². The highest BCUT2D eigenvalue weighted by atomic mass is 35.5. The van der Waals surface area contributed by atoms with Gasteiger partial charge in [-0.2, -0.15) is 0 Å². The van der Waals surface area contributed by atoms with E-state index in [4.69, 9.17) is 11.6 Å². The number of para-hydroxylation sites is 1.